The van der Waals surface area contributed by atoms with Crippen LogP contribution in [0.25, 0.3) is 11.3 Å². The van der Waals surface area contributed by atoms with Crippen molar-refractivity contribution in [3.05, 3.63) is 70.5 Å². The summed E-state index contributed by atoms with van der Waals surface area (Å²) in [5, 5.41) is 4.96. The quantitative estimate of drug-likeness (QED) is 0.612. The average molecular weight is 338 g/mol. The van der Waals surface area contributed by atoms with Crippen molar-refractivity contribution < 1.29 is 4.79 Å². The summed E-state index contributed by atoms with van der Waals surface area (Å²) in [5.74, 6) is -0.383. The summed E-state index contributed by atoms with van der Waals surface area (Å²) in [6.07, 6.45) is 6.19. The van der Waals surface area contributed by atoms with Crippen molar-refractivity contribution in [2.24, 2.45) is 0 Å². The Bertz CT molecular complexity index is 1070. The van der Waals surface area contributed by atoms with Crippen LogP contribution in [0.15, 0.2) is 59.2 Å². The van der Waals surface area contributed by atoms with Crippen molar-refractivity contribution >= 4 is 28.0 Å². The number of anilines is 1. The SMILES string of the molecule is O=C(Nc1nccs1)c1cc2nccc(=O)n2n1-c1ccncc1. The van der Waals surface area contributed by atoms with Crippen molar-refractivity contribution in [2.45, 2.75) is 0 Å². The van der Waals surface area contributed by atoms with Crippen LogP contribution < -0.4 is 10.9 Å². The van der Waals surface area contributed by atoms with Gasteiger partial charge in [-0.1, -0.05) is 0 Å². The van der Waals surface area contributed by atoms with E-state index in [0.29, 0.717) is 16.5 Å². The number of rotatable bonds is 3. The molecule has 0 saturated heterocycles. The van der Waals surface area contributed by atoms with Crippen molar-refractivity contribution in [2.75, 3.05) is 5.32 Å². The Morgan fingerprint density at radius 3 is 2.67 bits per heavy atom. The molecule has 0 radical (unpaired) electrons. The number of hydrogen-bond acceptors (Lipinski definition) is 6. The average Bonchev–Trinajstić information content (AvgIpc) is 3.23. The van der Waals surface area contributed by atoms with Crippen LogP contribution in [0.2, 0.25) is 0 Å². The highest BCUT2D eigenvalue weighted by Gasteiger charge is 2.19. The Morgan fingerprint density at radius 1 is 1.08 bits per heavy atom. The zero-order valence-corrected chi connectivity index (χ0v) is 13.0. The smallest absolute Gasteiger partial charge is 0.276 e. The third kappa shape index (κ3) is 2.36. The van der Waals surface area contributed by atoms with E-state index in [1.807, 2.05) is 0 Å². The van der Waals surface area contributed by atoms with E-state index in [1.165, 1.54) is 32.8 Å². The van der Waals surface area contributed by atoms with Gasteiger partial charge in [0.2, 0.25) is 0 Å². The number of nitrogens with one attached hydrogen (secondary N) is 1. The van der Waals surface area contributed by atoms with E-state index in [9.17, 15) is 9.59 Å². The summed E-state index contributed by atoms with van der Waals surface area (Å²) in [6, 6.07) is 6.32. The lowest BCUT2D eigenvalue weighted by Gasteiger charge is -2.10. The Kier molecular flexibility index (Phi) is 3.39. The molecule has 0 unspecified atom stereocenters. The molecule has 4 aromatic heterocycles. The second-order valence-electron chi connectivity index (χ2n) is 4.79. The number of carbonyl (C=O) groups is 1. The van der Waals surface area contributed by atoms with Crippen LogP contribution in [0.5, 0.6) is 0 Å². The minimum absolute atomic E-state index is 0.271. The summed E-state index contributed by atoms with van der Waals surface area (Å²) >= 11 is 1.31. The Morgan fingerprint density at radius 2 is 1.92 bits per heavy atom. The molecule has 0 aliphatic heterocycles. The van der Waals surface area contributed by atoms with Gasteiger partial charge in [0.1, 0.15) is 5.69 Å². The zero-order valence-electron chi connectivity index (χ0n) is 12.2. The predicted octanol–water partition coefficient (Wildman–Crippen LogP) is 1.59. The summed E-state index contributed by atoms with van der Waals surface area (Å²) in [7, 11) is 0. The fraction of sp³-hybridized carbons (Fsp3) is 0. The van der Waals surface area contributed by atoms with Gasteiger partial charge in [0.05, 0.1) is 5.69 Å². The molecule has 8 nitrogen and oxygen atoms in total. The first kappa shape index (κ1) is 14.3. The maximum atomic E-state index is 12.7. The highest BCUT2D eigenvalue weighted by atomic mass is 32.1. The molecule has 0 fully saturated rings. The van der Waals surface area contributed by atoms with E-state index in [-0.39, 0.29) is 17.2 Å². The first-order valence-electron chi connectivity index (χ1n) is 6.95. The molecule has 24 heavy (non-hydrogen) atoms. The number of pyridine rings is 1. The maximum Gasteiger partial charge on any atom is 0.276 e. The van der Waals surface area contributed by atoms with Crippen LogP contribution in [0.4, 0.5) is 5.13 Å². The second kappa shape index (κ2) is 5.70. The van der Waals surface area contributed by atoms with Gasteiger partial charge in [0, 0.05) is 42.3 Å². The molecule has 0 bridgehead atoms. The van der Waals surface area contributed by atoms with Crippen LogP contribution in [0.3, 0.4) is 0 Å². The predicted molar refractivity (Wildman–Crippen MR) is 88.7 cm³/mol. The van der Waals surface area contributed by atoms with E-state index in [1.54, 1.807) is 42.2 Å². The van der Waals surface area contributed by atoms with Gasteiger partial charge in [0.25, 0.3) is 11.5 Å². The van der Waals surface area contributed by atoms with Gasteiger partial charge in [-0.05, 0) is 12.1 Å². The molecule has 9 heteroatoms. The molecular formula is C15H10N6O2S. The van der Waals surface area contributed by atoms with Crippen LogP contribution in [0, 0.1) is 0 Å². The number of nitrogens with zero attached hydrogens (tertiary/aromatic N) is 5. The van der Waals surface area contributed by atoms with Gasteiger partial charge in [-0.15, -0.1) is 11.3 Å². The Hall–Kier alpha value is -3.33. The number of hydrogen-bond donors (Lipinski definition) is 1. The lowest BCUT2D eigenvalue weighted by Crippen LogP contribution is -2.23. The molecule has 1 amide bonds. The highest BCUT2D eigenvalue weighted by Crippen LogP contribution is 2.17. The first-order valence-corrected chi connectivity index (χ1v) is 7.83. The maximum absolute atomic E-state index is 12.7. The topological polar surface area (TPSA) is 94.2 Å². The molecule has 4 heterocycles. The van der Waals surface area contributed by atoms with E-state index < -0.39 is 0 Å². The minimum atomic E-state index is -0.383. The number of carbonyl (C=O) groups excluding carboxylic acids is 1. The summed E-state index contributed by atoms with van der Waals surface area (Å²) < 4.78 is 2.85. The lowest BCUT2D eigenvalue weighted by atomic mass is 10.3. The molecule has 118 valence electrons. The molecular weight excluding hydrogens is 328 g/mol. The fourth-order valence-corrected chi connectivity index (χ4v) is 2.88. The first-order chi connectivity index (χ1) is 11.7. The standard InChI is InChI=1S/C15H10N6O2S/c22-13-3-6-17-12-9-11(14(23)19-15-18-7-8-24-15)20(21(12)13)10-1-4-16-5-2-10/h1-9H,(H,18,19,23). The van der Waals surface area contributed by atoms with E-state index in [4.69, 9.17) is 0 Å². The third-order valence-electron chi connectivity index (χ3n) is 3.34. The van der Waals surface area contributed by atoms with Crippen molar-refractivity contribution in [1.29, 1.82) is 0 Å². The van der Waals surface area contributed by atoms with Crippen LogP contribution in [-0.2, 0) is 0 Å². The van der Waals surface area contributed by atoms with Crippen LogP contribution in [-0.4, -0.2) is 30.1 Å². The van der Waals surface area contributed by atoms with Crippen LogP contribution >= 0.6 is 11.3 Å². The Balaban J connectivity index is 1.93. The van der Waals surface area contributed by atoms with Gasteiger partial charge in [-0.25, -0.2) is 14.6 Å². The van der Waals surface area contributed by atoms with Crippen LogP contribution in [0.1, 0.15) is 10.5 Å². The zero-order chi connectivity index (χ0) is 16.5. The largest absolute Gasteiger partial charge is 0.296 e. The molecule has 0 aromatic carbocycles. The van der Waals surface area contributed by atoms with Crippen molar-refractivity contribution in [1.82, 2.24) is 24.1 Å². The highest BCUT2D eigenvalue weighted by molar-refractivity contribution is 7.13. The molecule has 1 N–H and O–H groups in total. The minimum Gasteiger partial charge on any atom is -0.296 e. The second-order valence-corrected chi connectivity index (χ2v) is 5.69. The molecule has 0 atom stereocenters. The molecule has 0 saturated carbocycles. The van der Waals surface area contributed by atoms with Gasteiger partial charge in [-0.3, -0.25) is 19.9 Å². The van der Waals surface area contributed by atoms with Crippen molar-refractivity contribution in [3.8, 4) is 5.69 Å². The normalized spacial score (nSPS) is 10.8. The molecule has 0 aliphatic carbocycles. The molecule has 4 aromatic rings. The molecule has 0 spiro atoms. The number of amides is 1. The number of aromatic nitrogens is 5. The van der Waals surface area contributed by atoms with Gasteiger partial charge < -0.3 is 0 Å². The molecule has 4 rings (SSSR count). The fourth-order valence-electron chi connectivity index (χ4n) is 2.35. The van der Waals surface area contributed by atoms with Gasteiger partial charge >= 0.3 is 0 Å². The van der Waals surface area contributed by atoms with Crippen molar-refractivity contribution in [3.63, 3.8) is 0 Å². The monoisotopic (exact) mass is 338 g/mol. The summed E-state index contributed by atoms with van der Waals surface area (Å²) in [4.78, 5) is 37.1. The Labute approximate surface area is 139 Å². The molecule has 0 aliphatic rings. The van der Waals surface area contributed by atoms with E-state index >= 15 is 0 Å². The summed E-state index contributed by atoms with van der Waals surface area (Å²) in [5.41, 5.74) is 0.986. The van der Waals surface area contributed by atoms with E-state index in [2.05, 4.69) is 20.3 Å². The lowest BCUT2D eigenvalue weighted by molar-refractivity contribution is 0.101. The number of thiazole rings is 1. The third-order valence-corrected chi connectivity index (χ3v) is 4.02. The van der Waals surface area contributed by atoms with E-state index in [0.717, 1.165) is 0 Å². The summed E-state index contributed by atoms with van der Waals surface area (Å²) in [6.45, 7) is 0. The van der Waals surface area contributed by atoms with Gasteiger partial charge in [0.15, 0.2) is 10.8 Å². The number of fused-ring (bicyclic) bond motifs is 1. The van der Waals surface area contributed by atoms with Gasteiger partial charge in [-0.2, -0.15) is 4.52 Å².